The molecule has 0 spiro atoms. The van der Waals surface area contributed by atoms with Crippen LogP contribution < -0.4 is 5.32 Å². The highest BCUT2D eigenvalue weighted by Crippen LogP contribution is 2.23. The van der Waals surface area contributed by atoms with Crippen LogP contribution in [0.15, 0.2) is 48.5 Å². The number of nitrogens with zero attached hydrogens (tertiary/aromatic N) is 2. The number of halogens is 2. The molecule has 1 amide bonds. The topological polar surface area (TPSA) is 46.9 Å². The fourth-order valence-electron chi connectivity index (χ4n) is 2.55. The maximum Gasteiger partial charge on any atom is 0.259 e. The van der Waals surface area contributed by atoms with Gasteiger partial charge in [0.05, 0.1) is 33.3 Å². The number of nitrogens with one attached hydrogen (secondary N) is 1. The van der Waals surface area contributed by atoms with Crippen LogP contribution in [0.25, 0.3) is 5.69 Å². The van der Waals surface area contributed by atoms with Crippen LogP contribution in [0.3, 0.4) is 0 Å². The van der Waals surface area contributed by atoms with Crippen molar-refractivity contribution in [3.63, 3.8) is 0 Å². The van der Waals surface area contributed by atoms with Gasteiger partial charge >= 0.3 is 0 Å². The third kappa shape index (κ3) is 3.03. The van der Waals surface area contributed by atoms with Crippen LogP contribution in [0.5, 0.6) is 0 Å². The molecule has 3 rings (SSSR count). The molecule has 0 radical (unpaired) electrons. The Morgan fingerprint density at radius 3 is 2.46 bits per heavy atom. The van der Waals surface area contributed by atoms with Gasteiger partial charge in [0.15, 0.2) is 0 Å². The number of hydrogen-bond donors (Lipinski definition) is 1. The third-order valence-corrected chi connectivity index (χ3v) is 4.04. The Bertz CT molecular complexity index is 903. The van der Waals surface area contributed by atoms with E-state index in [4.69, 9.17) is 11.6 Å². The minimum absolute atomic E-state index is 0.286. The van der Waals surface area contributed by atoms with Gasteiger partial charge in [0.25, 0.3) is 5.91 Å². The van der Waals surface area contributed by atoms with Crippen molar-refractivity contribution in [1.29, 1.82) is 0 Å². The van der Waals surface area contributed by atoms with Crippen molar-refractivity contribution in [2.45, 2.75) is 13.8 Å². The predicted molar refractivity (Wildman–Crippen MR) is 92.4 cm³/mol. The molecular formula is C18H15ClFN3O. The lowest BCUT2D eigenvalue weighted by molar-refractivity contribution is 0.102. The van der Waals surface area contributed by atoms with E-state index in [1.54, 1.807) is 54.9 Å². The highest BCUT2D eigenvalue weighted by Gasteiger charge is 2.20. The molecular weight excluding hydrogens is 329 g/mol. The second-order valence-corrected chi connectivity index (χ2v) is 5.78. The summed E-state index contributed by atoms with van der Waals surface area (Å²) in [6.45, 7) is 3.55. The van der Waals surface area contributed by atoms with Gasteiger partial charge in [-0.2, -0.15) is 5.10 Å². The molecule has 0 atom stereocenters. The fourth-order valence-corrected chi connectivity index (χ4v) is 2.74. The van der Waals surface area contributed by atoms with Gasteiger partial charge in [-0.1, -0.05) is 23.7 Å². The number of carbonyl (C=O) groups is 1. The molecule has 2 aromatic carbocycles. The number of benzene rings is 2. The summed E-state index contributed by atoms with van der Waals surface area (Å²) in [7, 11) is 0. The molecule has 0 fully saturated rings. The molecule has 3 aromatic rings. The summed E-state index contributed by atoms with van der Waals surface area (Å²) in [4.78, 5) is 12.6. The van der Waals surface area contributed by atoms with Gasteiger partial charge in [0.1, 0.15) is 5.82 Å². The fraction of sp³-hybridized carbons (Fsp3) is 0.111. The van der Waals surface area contributed by atoms with Gasteiger partial charge < -0.3 is 5.32 Å². The molecule has 0 saturated heterocycles. The minimum Gasteiger partial charge on any atom is -0.321 e. The van der Waals surface area contributed by atoms with E-state index in [-0.39, 0.29) is 11.7 Å². The molecule has 0 aliphatic rings. The van der Waals surface area contributed by atoms with Crippen molar-refractivity contribution in [3.8, 4) is 5.69 Å². The van der Waals surface area contributed by atoms with E-state index < -0.39 is 0 Å². The highest BCUT2D eigenvalue weighted by molar-refractivity contribution is 6.33. The average molecular weight is 344 g/mol. The molecule has 0 aliphatic carbocycles. The number of rotatable bonds is 3. The van der Waals surface area contributed by atoms with Crippen LogP contribution in [0.2, 0.25) is 5.02 Å². The highest BCUT2D eigenvalue weighted by atomic mass is 35.5. The summed E-state index contributed by atoms with van der Waals surface area (Å²) in [5.74, 6) is -0.608. The molecule has 0 aliphatic heterocycles. The number of hydrogen-bond acceptors (Lipinski definition) is 2. The largest absolute Gasteiger partial charge is 0.321 e. The van der Waals surface area contributed by atoms with E-state index in [2.05, 4.69) is 10.4 Å². The Morgan fingerprint density at radius 2 is 1.79 bits per heavy atom. The van der Waals surface area contributed by atoms with Gasteiger partial charge in [0, 0.05) is 0 Å². The second kappa shape index (κ2) is 6.45. The Morgan fingerprint density at radius 1 is 1.12 bits per heavy atom. The van der Waals surface area contributed by atoms with Crippen molar-refractivity contribution >= 4 is 23.2 Å². The normalized spacial score (nSPS) is 10.7. The van der Waals surface area contributed by atoms with Crippen LogP contribution in [0, 0.1) is 19.7 Å². The van der Waals surface area contributed by atoms with Gasteiger partial charge in [0.2, 0.25) is 0 Å². The molecule has 0 saturated carbocycles. The number of amides is 1. The molecule has 4 nitrogen and oxygen atoms in total. The smallest absolute Gasteiger partial charge is 0.259 e. The van der Waals surface area contributed by atoms with Crippen LogP contribution in [0.1, 0.15) is 21.7 Å². The molecule has 122 valence electrons. The summed E-state index contributed by atoms with van der Waals surface area (Å²) in [5, 5.41) is 7.66. The summed E-state index contributed by atoms with van der Waals surface area (Å²) < 4.78 is 14.7. The maximum absolute atomic E-state index is 13.1. The van der Waals surface area contributed by atoms with Gasteiger partial charge in [-0.25, -0.2) is 9.07 Å². The molecule has 1 aromatic heterocycles. The Kier molecular flexibility index (Phi) is 4.36. The van der Waals surface area contributed by atoms with Crippen LogP contribution in [-0.2, 0) is 0 Å². The van der Waals surface area contributed by atoms with Crippen molar-refractivity contribution < 1.29 is 9.18 Å². The van der Waals surface area contributed by atoms with Gasteiger partial charge in [-0.3, -0.25) is 4.79 Å². The van der Waals surface area contributed by atoms with Crippen molar-refractivity contribution in [2.75, 3.05) is 5.32 Å². The lowest BCUT2D eigenvalue weighted by Gasteiger charge is -2.08. The second-order valence-electron chi connectivity index (χ2n) is 5.37. The number of aryl methyl sites for hydroxylation is 1. The Hall–Kier alpha value is -2.66. The summed E-state index contributed by atoms with van der Waals surface area (Å²) in [5.41, 5.74) is 2.95. The summed E-state index contributed by atoms with van der Waals surface area (Å²) in [6.07, 6.45) is 0. The standard InChI is InChI=1S/C18H15ClFN3O/c1-11-17(18(24)21-16-6-4-3-5-15(16)19)12(2)23(22-11)14-9-7-13(20)8-10-14/h3-10H,1-2H3,(H,21,24). The average Bonchev–Trinajstić information content (AvgIpc) is 2.85. The summed E-state index contributed by atoms with van der Waals surface area (Å²) in [6, 6.07) is 13.0. The van der Waals surface area contributed by atoms with E-state index in [1.807, 2.05) is 0 Å². The lowest BCUT2D eigenvalue weighted by Crippen LogP contribution is -2.14. The van der Waals surface area contributed by atoms with E-state index in [0.29, 0.717) is 33.3 Å². The zero-order valence-corrected chi connectivity index (χ0v) is 13.9. The zero-order chi connectivity index (χ0) is 17.3. The van der Waals surface area contributed by atoms with E-state index in [9.17, 15) is 9.18 Å². The van der Waals surface area contributed by atoms with E-state index >= 15 is 0 Å². The first-order valence-electron chi connectivity index (χ1n) is 7.35. The molecule has 24 heavy (non-hydrogen) atoms. The third-order valence-electron chi connectivity index (χ3n) is 3.71. The Balaban J connectivity index is 1.96. The summed E-state index contributed by atoms with van der Waals surface area (Å²) >= 11 is 6.08. The minimum atomic E-state index is -0.322. The van der Waals surface area contributed by atoms with Crippen molar-refractivity contribution in [3.05, 3.63) is 76.3 Å². The first kappa shape index (κ1) is 16.2. The monoisotopic (exact) mass is 343 g/mol. The zero-order valence-electron chi connectivity index (χ0n) is 13.2. The molecule has 0 unspecified atom stereocenters. The molecule has 1 heterocycles. The SMILES string of the molecule is Cc1nn(-c2ccc(F)cc2)c(C)c1C(=O)Nc1ccccc1Cl. The van der Waals surface area contributed by atoms with E-state index in [1.165, 1.54) is 12.1 Å². The van der Waals surface area contributed by atoms with Crippen LogP contribution >= 0.6 is 11.6 Å². The molecule has 0 bridgehead atoms. The van der Waals surface area contributed by atoms with Crippen molar-refractivity contribution in [2.24, 2.45) is 0 Å². The first-order valence-corrected chi connectivity index (χ1v) is 7.73. The maximum atomic E-state index is 13.1. The lowest BCUT2D eigenvalue weighted by atomic mass is 10.1. The van der Waals surface area contributed by atoms with Gasteiger partial charge in [-0.05, 0) is 50.2 Å². The number of anilines is 1. The first-order chi connectivity index (χ1) is 11.5. The molecule has 1 N–H and O–H groups in total. The van der Waals surface area contributed by atoms with Gasteiger partial charge in [-0.15, -0.1) is 0 Å². The molecule has 6 heteroatoms. The quantitative estimate of drug-likeness (QED) is 0.759. The number of para-hydroxylation sites is 1. The van der Waals surface area contributed by atoms with Crippen molar-refractivity contribution in [1.82, 2.24) is 9.78 Å². The van der Waals surface area contributed by atoms with Crippen LogP contribution in [-0.4, -0.2) is 15.7 Å². The van der Waals surface area contributed by atoms with E-state index in [0.717, 1.165) is 0 Å². The number of carbonyl (C=O) groups excluding carboxylic acids is 1. The predicted octanol–water partition coefficient (Wildman–Crippen LogP) is 4.53. The van der Waals surface area contributed by atoms with Crippen LogP contribution in [0.4, 0.5) is 10.1 Å². The Labute approximate surface area is 143 Å². The number of aromatic nitrogens is 2.